The number of allylic oxidation sites excluding steroid dienone is 4. The number of rotatable bonds is 9. The lowest BCUT2D eigenvalue weighted by Crippen LogP contribution is -2.42. The van der Waals surface area contributed by atoms with E-state index in [-0.39, 0.29) is 17.7 Å². The third kappa shape index (κ3) is 4.67. The van der Waals surface area contributed by atoms with Gasteiger partial charge in [0.05, 0.1) is 12.3 Å². The van der Waals surface area contributed by atoms with Crippen LogP contribution in [0.5, 0.6) is 5.75 Å². The minimum absolute atomic E-state index is 0.0342. The highest BCUT2D eigenvalue weighted by Gasteiger charge is 2.61. The number of benzene rings is 1. The van der Waals surface area contributed by atoms with E-state index in [0.717, 1.165) is 50.7 Å². The lowest BCUT2D eigenvalue weighted by atomic mass is 9.76. The van der Waals surface area contributed by atoms with Crippen molar-refractivity contribution >= 4 is 21.8 Å². The molecule has 194 valence electrons. The molecule has 4 fully saturated rings. The van der Waals surface area contributed by atoms with Crippen molar-refractivity contribution in [1.82, 2.24) is 0 Å². The van der Waals surface area contributed by atoms with Gasteiger partial charge in [-0.1, -0.05) is 17.3 Å². The van der Waals surface area contributed by atoms with Gasteiger partial charge in [0.15, 0.2) is 0 Å². The van der Waals surface area contributed by atoms with Crippen molar-refractivity contribution in [3.8, 4) is 5.75 Å². The zero-order chi connectivity index (χ0) is 25.6. The highest BCUT2D eigenvalue weighted by molar-refractivity contribution is 7.88. The van der Waals surface area contributed by atoms with Crippen molar-refractivity contribution in [2.75, 3.05) is 6.61 Å². The molecule has 6 rings (SSSR count). The number of oxime groups is 1. The highest BCUT2D eigenvalue weighted by atomic mass is 32.2. The Morgan fingerprint density at radius 1 is 1.14 bits per heavy atom. The first-order valence-electron chi connectivity index (χ1n) is 12.2. The Labute approximate surface area is 209 Å². The van der Waals surface area contributed by atoms with Gasteiger partial charge in [-0.15, -0.1) is 0 Å². The first-order valence-corrected chi connectivity index (χ1v) is 13.7. The second-order valence-corrected chi connectivity index (χ2v) is 12.0. The van der Waals surface area contributed by atoms with Crippen molar-refractivity contribution < 1.29 is 35.8 Å². The molecule has 0 aromatic heterocycles. The maximum absolute atomic E-state index is 14.5. The summed E-state index contributed by atoms with van der Waals surface area (Å²) < 4.78 is 68.3. The Morgan fingerprint density at radius 3 is 2.47 bits per heavy atom. The van der Waals surface area contributed by atoms with Crippen molar-refractivity contribution in [3.05, 3.63) is 53.8 Å². The lowest BCUT2D eigenvalue weighted by molar-refractivity contribution is -0.166. The van der Waals surface area contributed by atoms with Gasteiger partial charge in [-0.25, -0.2) is 4.79 Å². The molecule has 0 heterocycles. The maximum Gasteiger partial charge on any atom is 0.478 e. The summed E-state index contributed by atoms with van der Waals surface area (Å²) in [7, 11) is -5.70. The van der Waals surface area contributed by atoms with Crippen LogP contribution in [0.4, 0.5) is 8.78 Å². The molecule has 4 saturated carbocycles. The second-order valence-electron chi connectivity index (χ2n) is 10.4. The number of ether oxygens (including phenoxy) is 2. The van der Waals surface area contributed by atoms with Gasteiger partial charge in [0.2, 0.25) is 0 Å². The van der Waals surface area contributed by atoms with Crippen LogP contribution < -0.4 is 4.74 Å². The summed E-state index contributed by atoms with van der Waals surface area (Å²) in [5, 5.41) is -1.53. The molecule has 4 bridgehead atoms. The first-order chi connectivity index (χ1) is 17.1. The molecule has 5 aliphatic carbocycles. The van der Waals surface area contributed by atoms with Crippen molar-refractivity contribution in [2.24, 2.45) is 28.3 Å². The largest absolute Gasteiger partial charge is 0.478 e. The molecule has 0 N–H and O–H groups in total. The summed E-state index contributed by atoms with van der Waals surface area (Å²) in [5.41, 5.74) is 0.179. The third-order valence-corrected chi connectivity index (χ3v) is 9.04. The van der Waals surface area contributed by atoms with E-state index >= 15 is 0 Å². The van der Waals surface area contributed by atoms with Crippen LogP contribution in [0.15, 0.2) is 53.4 Å². The number of carbonyl (C=O) groups is 1. The normalized spacial score (nSPS) is 29.2. The molecule has 0 amide bonds. The fraction of sp³-hybridized carbons (Fsp3) is 0.538. The van der Waals surface area contributed by atoms with Crippen molar-refractivity contribution in [2.45, 2.75) is 57.1 Å². The van der Waals surface area contributed by atoms with E-state index < -0.39 is 21.3 Å². The van der Waals surface area contributed by atoms with Gasteiger partial charge in [-0.3, -0.25) is 4.28 Å². The number of hydrogen-bond acceptors (Lipinski definition) is 7. The number of carbonyl (C=O) groups excluding carboxylic acids is 1. The number of nitrogens with zero attached hydrogens (tertiary/aromatic N) is 1. The third-order valence-electron chi connectivity index (χ3n) is 7.97. The average Bonchev–Trinajstić information content (AvgIpc) is 3.25. The van der Waals surface area contributed by atoms with Gasteiger partial charge in [0, 0.05) is 11.8 Å². The molecular formula is C26H29F2NO6S. The van der Waals surface area contributed by atoms with Gasteiger partial charge < -0.3 is 9.47 Å². The topological polar surface area (TPSA) is 91.3 Å². The standard InChI is InChI=1S/C26H29F2NO6S/c1-17(20-7-9-23(10-8-20)34-22-5-3-2-4-6-22)29-35-36(31,32)26(27,28)24(30)33-16-25-14-18-11-19(15-25)13-21(25)12-18/h2-3,5,7-10,18-19,21H,4,6,11-16H2,1H3. The van der Waals surface area contributed by atoms with Gasteiger partial charge in [-0.2, -0.15) is 17.2 Å². The van der Waals surface area contributed by atoms with E-state index in [0.29, 0.717) is 29.1 Å². The van der Waals surface area contributed by atoms with E-state index in [4.69, 9.17) is 9.47 Å². The molecule has 2 unspecified atom stereocenters. The molecular weight excluding hydrogens is 492 g/mol. The zero-order valence-corrected chi connectivity index (χ0v) is 20.8. The van der Waals surface area contributed by atoms with Crippen LogP contribution in [0.1, 0.15) is 57.4 Å². The van der Waals surface area contributed by atoms with Gasteiger partial charge in [-0.05, 0) is 99.1 Å². The molecule has 0 aliphatic heterocycles. The van der Waals surface area contributed by atoms with Gasteiger partial charge in [0.25, 0.3) is 0 Å². The Hall–Kier alpha value is -2.75. The molecule has 1 aromatic rings. The Balaban J connectivity index is 1.19. The van der Waals surface area contributed by atoms with E-state index in [1.165, 1.54) is 6.92 Å². The Morgan fingerprint density at radius 2 is 1.83 bits per heavy atom. The van der Waals surface area contributed by atoms with Crippen LogP contribution in [0.2, 0.25) is 0 Å². The molecule has 7 nitrogen and oxygen atoms in total. The van der Waals surface area contributed by atoms with Crippen LogP contribution in [-0.4, -0.2) is 32.0 Å². The number of halogens is 2. The molecule has 2 atom stereocenters. The van der Waals surface area contributed by atoms with Crippen LogP contribution in [0.3, 0.4) is 0 Å². The van der Waals surface area contributed by atoms with Crippen LogP contribution in [0.25, 0.3) is 0 Å². The molecule has 0 spiro atoms. The van der Waals surface area contributed by atoms with Gasteiger partial charge >= 0.3 is 21.3 Å². The fourth-order valence-corrected chi connectivity index (χ4v) is 6.95. The van der Waals surface area contributed by atoms with E-state index in [1.54, 1.807) is 24.3 Å². The second kappa shape index (κ2) is 9.28. The monoisotopic (exact) mass is 521 g/mol. The molecule has 10 heteroatoms. The minimum Gasteiger partial charge on any atom is -0.462 e. The maximum atomic E-state index is 14.5. The number of hydrogen-bond donors (Lipinski definition) is 0. The van der Waals surface area contributed by atoms with Crippen LogP contribution in [-0.2, 0) is 23.9 Å². The lowest BCUT2D eigenvalue weighted by Gasteiger charge is -2.32. The fourth-order valence-electron chi connectivity index (χ4n) is 6.38. The SMILES string of the molecule is CC(=NOS(=O)(=O)C(F)(F)C(=O)OCC12CC3CC(CC1C3)C2)c1ccc(OC2=CC=CCC2)cc1. The number of esters is 1. The molecule has 0 saturated heterocycles. The summed E-state index contributed by atoms with van der Waals surface area (Å²) in [4.78, 5) is 12.2. The molecule has 5 aliphatic rings. The summed E-state index contributed by atoms with van der Waals surface area (Å²) in [6.07, 6.45) is 12.4. The van der Waals surface area contributed by atoms with E-state index in [1.807, 2.05) is 18.2 Å². The van der Waals surface area contributed by atoms with Crippen LogP contribution in [0, 0.1) is 23.2 Å². The van der Waals surface area contributed by atoms with Crippen LogP contribution >= 0.6 is 0 Å². The summed E-state index contributed by atoms with van der Waals surface area (Å²) in [6, 6.07) is 6.49. The molecule has 36 heavy (non-hydrogen) atoms. The summed E-state index contributed by atoms with van der Waals surface area (Å²) >= 11 is 0. The zero-order valence-electron chi connectivity index (χ0n) is 20.0. The predicted octanol–water partition coefficient (Wildman–Crippen LogP) is 5.33. The number of alkyl halides is 2. The minimum atomic E-state index is -5.70. The first kappa shape index (κ1) is 24.9. The van der Waals surface area contributed by atoms with Crippen molar-refractivity contribution in [1.29, 1.82) is 0 Å². The quantitative estimate of drug-likeness (QED) is 0.248. The average molecular weight is 522 g/mol. The highest BCUT2D eigenvalue weighted by Crippen LogP contribution is 2.65. The Kier molecular flexibility index (Phi) is 6.43. The molecule has 0 radical (unpaired) electrons. The van der Waals surface area contributed by atoms with E-state index in [2.05, 4.69) is 9.44 Å². The molecule has 1 aromatic carbocycles. The summed E-state index contributed by atoms with van der Waals surface area (Å²) in [5.74, 6) is 0.716. The Bertz CT molecular complexity index is 1210. The smallest absolute Gasteiger partial charge is 0.462 e. The predicted molar refractivity (Wildman–Crippen MR) is 128 cm³/mol. The van der Waals surface area contributed by atoms with Crippen molar-refractivity contribution in [3.63, 3.8) is 0 Å². The van der Waals surface area contributed by atoms with Gasteiger partial charge in [0.1, 0.15) is 11.5 Å². The van der Waals surface area contributed by atoms with E-state index in [9.17, 15) is 22.0 Å². The summed E-state index contributed by atoms with van der Waals surface area (Å²) in [6.45, 7) is 1.22.